The highest BCUT2D eigenvalue weighted by Gasteiger charge is 2.29. The first kappa shape index (κ1) is 9.06. The summed E-state index contributed by atoms with van der Waals surface area (Å²) in [5.74, 6) is -0.468. The zero-order chi connectivity index (χ0) is 10.1. The third-order valence-corrected chi connectivity index (χ3v) is 2.79. The molecule has 0 radical (unpaired) electrons. The molecule has 0 fully saturated rings. The van der Waals surface area contributed by atoms with Gasteiger partial charge in [0.2, 0.25) is 0 Å². The Morgan fingerprint density at radius 1 is 1.50 bits per heavy atom. The molecule has 0 amide bonds. The number of carbonyl (C=O) groups is 1. The number of rotatable bonds is 2. The van der Waals surface area contributed by atoms with E-state index in [9.17, 15) is 4.79 Å². The van der Waals surface area contributed by atoms with Crippen LogP contribution >= 0.6 is 0 Å². The predicted octanol–water partition coefficient (Wildman–Crippen LogP) is 2.06. The summed E-state index contributed by atoms with van der Waals surface area (Å²) in [6.45, 7) is 2.06. The van der Waals surface area contributed by atoms with Gasteiger partial charge in [-0.2, -0.15) is 0 Å². The standard InChI is InChI=1S/C11H13NO2/c1-7-8-4-2-3-5-9(8)12-10(7)6-11(13)14/h2-5,7,10,12H,6H2,1H3,(H,13,14). The van der Waals surface area contributed by atoms with E-state index in [0.717, 1.165) is 5.69 Å². The zero-order valence-corrected chi connectivity index (χ0v) is 8.03. The van der Waals surface area contributed by atoms with Crippen LogP contribution < -0.4 is 5.32 Å². The van der Waals surface area contributed by atoms with E-state index >= 15 is 0 Å². The highest BCUT2D eigenvalue weighted by molar-refractivity contribution is 5.70. The van der Waals surface area contributed by atoms with Crippen molar-refractivity contribution in [2.24, 2.45) is 0 Å². The van der Waals surface area contributed by atoms with Crippen LogP contribution in [0.25, 0.3) is 0 Å². The molecule has 2 atom stereocenters. The first-order valence-corrected chi connectivity index (χ1v) is 4.75. The van der Waals surface area contributed by atoms with Gasteiger partial charge in [-0.25, -0.2) is 0 Å². The van der Waals surface area contributed by atoms with Crippen molar-refractivity contribution >= 4 is 11.7 Å². The molecule has 0 aromatic heterocycles. The first-order chi connectivity index (χ1) is 6.68. The minimum Gasteiger partial charge on any atom is -0.481 e. The third-order valence-electron chi connectivity index (χ3n) is 2.79. The maximum absolute atomic E-state index is 10.6. The normalized spacial score (nSPS) is 24.1. The van der Waals surface area contributed by atoms with Gasteiger partial charge in [0.1, 0.15) is 0 Å². The molecule has 0 saturated carbocycles. The van der Waals surface area contributed by atoms with Crippen LogP contribution in [0.15, 0.2) is 24.3 Å². The summed E-state index contributed by atoms with van der Waals surface area (Å²) in [7, 11) is 0. The SMILES string of the molecule is CC1c2ccccc2NC1CC(=O)O. The lowest BCUT2D eigenvalue weighted by atomic mass is 9.95. The van der Waals surface area contributed by atoms with Gasteiger partial charge in [-0.1, -0.05) is 25.1 Å². The molecule has 74 valence electrons. The van der Waals surface area contributed by atoms with Gasteiger partial charge in [-0.3, -0.25) is 4.79 Å². The molecule has 14 heavy (non-hydrogen) atoms. The average Bonchev–Trinajstić information content (AvgIpc) is 2.44. The molecule has 1 heterocycles. The van der Waals surface area contributed by atoms with E-state index in [1.165, 1.54) is 5.56 Å². The predicted molar refractivity (Wildman–Crippen MR) is 54.5 cm³/mol. The van der Waals surface area contributed by atoms with Crippen molar-refractivity contribution in [2.45, 2.75) is 25.3 Å². The molecule has 2 rings (SSSR count). The average molecular weight is 191 g/mol. The van der Waals surface area contributed by atoms with E-state index in [1.807, 2.05) is 18.2 Å². The molecule has 0 spiro atoms. The fourth-order valence-corrected chi connectivity index (χ4v) is 1.98. The lowest BCUT2D eigenvalue weighted by Gasteiger charge is -2.13. The van der Waals surface area contributed by atoms with Gasteiger partial charge in [0.25, 0.3) is 0 Å². The van der Waals surface area contributed by atoms with E-state index in [4.69, 9.17) is 5.11 Å². The van der Waals surface area contributed by atoms with Gasteiger partial charge in [0.15, 0.2) is 0 Å². The molecular weight excluding hydrogens is 178 g/mol. The van der Waals surface area contributed by atoms with Gasteiger partial charge in [0, 0.05) is 17.6 Å². The van der Waals surface area contributed by atoms with Crippen molar-refractivity contribution in [1.29, 1.82) is 0 Å². The van der Waals surface area contributed by atoms with E-state index in [-0.39, 0.29) is 18.4 Å². The summed E-state index contributed by atoms with van der Waals surface area (Å²) < 4.78 is 0. The van der Waals surface area contributed by atoms with Crippen molar-refractivity contribution < 1.29 is 9.90 Å². The van der Waals surface area contributed by atoms with Crippen molar-refractivity contribution in [3.8, 4) is 0 Å². The van der Waals surface area contributed by atoms with Gasteiger partial charge in [-0.15, -0.1) is 0 Å². The number of carboxylic acid groups (broad SMARTS) is 1. The Morgan fingerprint density at radius 2 is 2.21 bits per heavy atom. The van der Waals surface area contributed by atoms with Crippen molar-refractivity contribution in [3.05, 3.63) is 29.8 Å². The Balaban J connectivity index is 2.21. The van der Waals surface area contributed by atoms with Crippen LogP contribution in [0.2, 0.25) is 0 Å². The summed E-state index contributed by atoms with van der Waals surface area (Å²) in [5, 5.41) is 12.0. The summed E-state index contributed by atoms with van der Waals surface area (Å²) in [6, 6.07) is 8.02. The second kappa shape index (κ2) is 3.33. The van der Waals surface area contributed by atoms with Crippen LogP contribution in [0, 0.1) is 0 Å². The molecule has 1 aliphatic heterocycles. The minimum atomic E-state index is -0.748. The first-order valence-electron chi connectivity index (χ1n) is 4.75. The number of fused-ring (bicyclic) bond motifs is 1. The smallest absolute Gasteiger partial charge is 0.305 e. The quantitative estimate of drug-likeness (QED) is 0.752. The fraction of sp³-hybridized carbons (Fsp3) is 0.364. The molecule has 2 unspecified atom stereocenters. The van der Waals surface area contributed by atoms with E-state index in [2.05, 4.69) is 18.3 Å². The maximum Gasteiger partial charge on any atom is 0.305 e. The summed E-state index contributed by atoms with van der Waals surface area (Å²) in [5.41, 5.74) is 2.30. The van der Waals surface area contributed by atoms with Crippen molar-refractivity contribution in [2.75, 3.05) is 5.32 Å². The summed E-state index contributed by atoms with van der Waals surface area (Å²) in [6.07, 6.45) is 0.176. The molecule has 0 saturated heterocycles. The second-order valence-electron chi connectivity index (χ2n) is 3.72. The van der Waals surface area contributed by atoms with Crippen LogP contribution in [0.4, 0.5) is 5.69 Å². The Hall–Kier alpha value is -1.51. The van der Waals surface area contributed by atoms with Gasteiger partial charge < -0.3 is 10.4 Å². The molecule has 0 aliphatic carbocycles. The zero-order valence-electron chi connectivity index (χ0n) is 8.03. The van der Waals surface area contributed by atoms with Crippen LogP contribution in [0.1, 0.15) is 24.8 Å². The Labute approximate surface area is 82.8 Å². The number of carboxylic acids is 1. The highest BCUT2D eigenvalue weighted by atomic mass is 16.4. The third kappa shape index (κ3) is 1.45. The number of para-hydroxylation sites is 1. The Kier molecular flexibility index (Phi) is 2.15. The molecule has 3 nitrogen and oxygen atoms in total. The number of benzene rings is 1. The number of hydrogen-bond acceptors (Lipinski definition) is 2. The largest absolute Gasteiger partial charge is 0.481 e. The minimum absolute atomic E-state index is 0.0323. The molecule has 2 N–H and O–H groups in total. The number of anilines is 1. The molecule has 1 aliphatic rings. The second-order valence-corrected chi connectivity index (χ2v) is 3.72. The fourth-order valence-electron chi connectivity index (χ4n) is 1.98. The van der Waals surface area contributed by atoms with Crippen LogP contribution in [0.3, 0.4) is 0 Å². The molecule has 0 bridgehead atoms. The Morgan fingerprint density at radius 3 is 2.86 bits per heavy atom. The molecule has 1 aromatic rings. The van der Waals surface area contributed by atoms with Crippen LogP contribution in [0.5, 0.6) is 0 Å². The van der Waals surface area contributed by atoms with Crippen LogP contribution in [-0.2, 0) is 4.79 Å². The summed E-state index contributed by atoms with van der Waals surface area (Å²) in [4.78, 5) is 10.6. The van der Waals surface area contributed by atoms with E-state index in [0.29, 0.717) is 0 Å². The molecule has 1 aromatic carbocycles. The van der Waals surface area contributed by atoms with Crippen molar-refractivity contribution in [3.63, 3.8) is 0 Å². The van der Waals surface area contributed by atoms with Gasteiger partial charge in [0.05, 0.1) is 6.42 Å². The monoisotopic (exact) mass is 191 g/mol. The van der Waals surface area contributed by atoms with E-state index < -0.39 is 5.97 Å². The topological polar surface area (TPSA) is 49.3 Å². The number of nitrogens with one attached hydrogen (secondary N) is 1. The van der Waals surface area contributed by atoms with E-state index in [1.54, 1.807) is 0 Å². The van der Waals surface area contributed by atoms with Crippen LogP contribution in [-0.4, -0.2) is 17.1 Å². The maximum atomic E-state index is 10.6. The highest BCUT2D eigenvalue weighted by Crippen LogP contribution is 2.36. The van der Waals surface area contributed by atoms with Gasteiger partial charge in [-0.05, 0) is 11.6 Å². The lowest BCUT2D eigenvalue weighted by molar-refractivity contribution is -0.137. The lowest BCUT2D eigenvalue weighted by Crippen LogP contribution is -2.22. The molecule has 3 heteroatoms. The number of aliphatic carboxylic acids is 1. The Bertz CT molecular complexity index is 362. The number of hydrogen-bond donors (Lipinski definition) is 2. The molecular formula is C11H13NO2. The van der Waals surface area contributed by atoms with Crippen molar-refractivity contribution in [1.82, 2.24) is 0 Å². The van der Waals surface area contributed by atoms with Gasteiger partial charge >= 0.3 is 5.97 Å². The summed E-state index contributed by atoms with van der Waals surface area (Å²) >= 11 is 0.